The number of halogens is 1. The predicted molar refractivity (Wildman–Crippen MR) is 143 cm³/mol. The van der Waals surface area contributed by atoms with E-state index in [9.17, 15) is 0 Å². The first-order valence-corrected chi connectivity index (χ1v) is 13.3. The first-order valence-electron chi connectivity index (χ1n) is 13.3. The summed E-state index contributed by atoms with van der Waals surface area (Å²) in [7, 11) is 0. The van der Waals surface area contributed by atoms with Gasteiger partial charge >= 0.3 is 6.01 Å². The van der Waals surface area contributed by atoms with E-state index in [2.05, 4.69) is 36.4 Å². The van der Waals surface area contributed by atoms with Crippen LogP contribution in [-0.4, -0.2) is 50.2 Å². The highest BCUT2D eigenvalue weighted by molar-refractivity contribution is 6.05. The van der Waals surface area contributed by atoms with E-state index in [0.717, 1.165) is 61.7 Å². The van der Waals surface area contributed by atoms with Crippen LogP contribution < -0.4 is 15.0 Å². The summed E-state index contributed by atoms with van der Waals surface area (Å²) in [6, 6.07) is 5.90. The second kappa shape index (κ2) is 9.34. The maximum atomic E-state index is 15.3. The molecule has 1 saturated heterocycles. The van der Waals surface area contributed by atoms with Gasteiger partial charge in [0.05, 0.1) is 12.6 Å². The number of nitrogens with one attached hydrogen (secondary N) is 1. The Morgan fingerprint density at radius 2 is 1.95 bits per heavy atom. The Morgan fingerprint density at radius 3 is 2.74 bits per heavy atom. The minimum atomic E-state index is -0.381. The van der Waals surface area contributed by atoms with Crippen molar-refractivity contribution in [2.45, 2.75) is 45.1 Å². The van der Waals surface area contributed by atoms with Crippen molar-refractivity contribution in [2.75, 3.05) is 29.9 Å². The minimum absolute atomic E-state index is 0.103. The monoisotopic (exact) mass is 512 g/mol. The van der Waals surface area contributed by atoms with Crippen molar-refractivity contribution < 1.29 is 9.13 Å². The van der Waals surface area contributed by atoms with Gasteiger partial charge in [0.2, 0.25) is 0 Å². The molecule has 1 saturated carbocycles. The quantitative estimate of drug-likeness (QED) is 0.499. The van der Waals surface area contributed by atoms with Crippen LogP contribution in [-0.2, 0) is 6.42 Å². The number of ether oxygens (including phenoxy) is 1. The second-order valence-electron chi connectivity index (χ2n) is 10.5. The molecule has 2 aromatic heterocycles. The number of anilines is 2. The number of nitrogens with zero attached hydrogens (tertiary/aromatic N) is 7. The molecule has 4 aliphatic rings. The van der Waals surface area contributed by atoms with Crippen molar-refractivity contribution in [3.05, 3.63) is 65.0 Å². The fraction of sp³-hybridized carbons (Fsp3) is 0.393. The molecule has 4 heterocycles. The zero-order valence-electron chi connectivity index (χ0n) is 21.3. The number of fused-ring (bicyclic) bond motifs is 1. The molecule has 3 aromatic rings. The molecular formula is C28H29FN8O. The molecule has 194 valence electrons. The lowest BCUT2D eigenvalue weighted by atomic mass is 10.1. The summed E-state index contributed by atoms with van der Waals surface area (Å²) in [6.45, 7) is 4.33. The summed E-state index contributed by atoms with van der Waals surface area (Å²) in [4.78, 5) is 20.2. The molecule has 0 unspecified atom stereocenters. The van der Waals surface area contributed by atoms with Crippen LogP contribution >= 0.6 is 0 Å². The van der Waals surface area contributed by atoms with Crippen LogP contribution in [0.2, 0.25) is 0 Å². The van der Waals surface area contributed by atoms with Crippen LogP contribution in [0.1, 0.15) is 49.8 Å². The lowest BCUT2D eigenvalue weighted by Gasteiger charge is -2.32. The van der Waals surface area contributed by atoms with E-state index in [1.54, 1.807) is 18.7 Å². The second-order valence-corrected chi connectivity index (χ2v) is 10.5. The maximum Gasteiger partial charge on any atom is 0.326 e. The SMILES string of the molecule is CC1=Cc2c(ccc(Oc3nc(NC4=NCC(C5CC5)=C4)cc(N4CCC(n5cncn5)CC4)n3)c2F)C1. The van der Waals surface area contributed by atoms with Gasteiger partial charge in [-0.2, -0.15) is 15.1 Å². The molecule has 38 heavy (non-hydrogen) atoms. The van der Waals surface area contributed by atoms with Crippen molar-refractivity contribution in [2.24, 2.45) is 10.9 Å². The van der Waals surface area contributed by atoms with Crippen molar-refractivity contribution in [1.82, 2.24) is 24.7 Å². The summed E-state index contributed by atoms with van der Waals surface area (Å²) in [5, 5.41) is 7.65. The van der Waals surface area contributed by atoms with Gasteiger partial charge in [0, 0.05) is 24.7 Å². The third kappa shape index (κ3) is 4.55. The number of hydrogen-bond donors (Lipinski definition) is 1. The smallest absolute Gasteiger partial charge is 0.326 e. The van der Waals surface area contributed by atoms with Gasteiger partial charge in [0.15, 0.2) is 11.6 Å². The third-order valence-electron chi connectivity index (χ3n) is 7.70. The molecule has 2 aliphatic heterocycles. The van der Waals surface area contributed by atoms with Crippen molar-refractivity contribution >= 4 is 23.5 Å². The van der Waals surface area contributed by atoms with E-state index >= 15 is 4.39 Å². The van der Waals surface area contributed by atoms with Gasteiger partial charge in [0.25, 0.3) is 0 Å². The molecule has 7 rings (SSSR count). The number of benzene rings is 1. The summed E-state index contributed by atoms with van der Waals surface area (Å²) in [6.07, 6.45) is 12.4. The molecule has 1 aromatic carbocycles. The zero-order valence-corrected chi connectivity index (χ0v) is 21.3. The highest BCUT2D eigenvalue weighted by Gasteiger charge is 2.28. The van der Waals surface area contributed by atoms with E-state index in [1.807, 2.05) is 29.8 Å². The van der Waals surface area contributed by atoms with Crippen LogP contribution in [0, 0.1) is 11.7 Å². The molecule has 0 spiro atoms. The molecule has 2 fully saturated rings. The van der Waals surface area contributed by atoms with Gasteiger partial charge in [-0.1, -0.05) is 17.7 Å². The Balaban J connectivity index is 1.16. The lowest BCUT2D eigenvalue weighted by molar-refractivity contribution is 0.363. The van der Waals surface area contributed by atoms with Crippen molar-refractivity contribution in [3.63, 3.8) is 0 Å². The average Bonchev–Trinajstić information content (AvgIpc) is 3.28. The Labute approximate surface area is 220 Å². The summed E-state index contributed by atoms with van der Waals surface area (Å²) < 4.78 is 23.2. The summed E-state index contributed by atoms with van der Waals surface area (Å²) >= 11 is 0. The molecule has 0 bridgehead atoms. The van der Waals surface area contributed by atoms with E-state index in [0.29, 0.717) is 23.3 Å². The number of rotatable bonds is 6. The number of hydrogen-bond acceptors (Lipinski definition) is 8. The van der Waals surface area contributed by atoms with Crippen LogP contribution in [0.15, 0.2) is 53.1 Å². The van der Waals surface area contributed by atoms with E-state index in [-0.39, 0.29) is 17.6 Å². The maximum absolute atomic E-state index is 15.3. The topological polar surface area (TPSA) is 93.3 Å². The normalized spacial score (nSPS) is 19.2. The largest absolute Gasteiger partial charge is 0.421 e. The highest BCUT2D eigenvalue weighted by atomic mass is 19.1. The molecule has 9 nitrogen and oxygen atoms in total. The molecule has 1 N–H and O–H groups in total. The minimum Gasteiger partial charge on any atom is -0.421 e. The Morgan fingerprint density at radius 1 is 1.08 bits per heavy atom. The van der Waals surface area contributed by atoms with Crippen molar-refractivity contribution in [1.29, 1.82) is 0 Å². The highest BCUT2D eigenvalue weighted by Crippen LogP contribution is 2.38. The van der Waals surface area contributed by atoms with Crippen LogP contribution in [0.25, 0.3) is 6.08 Å². The summed E-state index contributed by atoms with van der Waals surface area (Å²) in [5.74, 6) is 2.51. The molecule has 10 heteroatoms. The first kappa shape index (κ1) is 23.1. The number of piperidine rings is 1. The number of allylic oxidation sites excluding steroid dienone is 1. The molecule has 0 atom stereocenters. The Bertz CT molecular complexity index is 1470. The van der Waals surface area contributed by atoms with Crippen LogP contribution in [0.4, 0.5) is 16.0 Å². The number of aliphatic imine (C=N–C) groups is 1. The van der Waals surface area contributed by atoms with E-state index in [4.69, 9.17) is 9.72 Å². The summed E-state index contributed by atoms with van der Waals surface area (Å²) in [5.41, 5.74) is 4.06. The molecule has 2 aliphatic carbocycles. The van der Waals surface area contributed by atoms with Gasteiger partial charge < -0.3 is 15.0 Å². The number of aromatic nitrogens is 5. The fourth-order valence-electron chi connectivity index (χ4n) is 5.50. The Hall–Kier alpha value is -4.08. The Kier molecular flexibility index (Phi) is 5.67. The lowest BCUT2D eigenvalue weighted by Crippen LogP contribution is -2.35. The van der Waals surface area contributed by atoms with Gasteiger partial charge in [-0.05, 0) is 68.2 Å². The van der Waals surface area contributed by atoms with Crippen LogP contribution in [0.3, 0.4) is 0 Å². The van der Waals surface area contributed by atoms with E-state index < -0.39 is 0 Å². The van der Waals surface area contributed by atoms with E-state index in [1.165, 1.54) is 18.4 Å². The van der Waals surface area contributed by atoms with Gasteiger partial charge in [-0.15, -0.1) is 0 Å². The van der Waals surface area contributed by atoms with Gasteiger partial charge in [0.1, 0.15) is 30.1 Å². The average molecular weight is 513 g/mol. The third-order valence-corrected chi connectivity index (χ3v) is 7.70. The van der Waals surface area contributed by atoms with Gasteiger partial charge in [-0.25, -0.2) is 14.1 Å². The first-order chi connectivity index (χ1) is 18.6. The van der Waals surface area contributed by atoms with Crippen molar-refractivity contribution in [3.8, 4) is 11.8 Å². The zero-order chi connectivity index (χ0) is 25.6. The number of amidine groups is 1. The fourth-order valence-corrected chi connectivity index (χ4v) is 5.50. The molecule has 0 radical (unpaired) electrons. The predicted octanol–water partition coefficient (Wildman–Crippen LogP) is 4.96. The molecule has 0 amide bonds. The molecular weight excluding hydrogens is 483 g/mol. The van der Waals surface area contributed by atoms with Crippen LogP contribution in [0.5, 0.6) is 11.8 Å². The van der Waals surface area contributed by atoms with Gasteiger partial charge in [-0.3, -0.25) is 4.99 Å². The standard InChI is InChI=1S/C28H29FN8O/c1-17-10-19-4-5-23(27(29)22(19)11-17)38-28-34-25(33-24-12-20(14-31-24)18-2-3-18)13-26(35-28)36-8-6-21(7-9-36)37-16-30-15-32-37/h4-5,11-13,15-16,18,21H,2-3,6-10,14H2,1H3,(H,31,33,34,35).